The number of likely N-dealkylation sites (tertiary alicyclic amines) is 1. The molecule has 1 fully saturated rings. The molecule has 2 rings (SSSR count). The highest BCUT2D eigenvalue weighted by Gasteiger charge is 2.28. The van der Waals surface area contributed by atoms with Crippen molar-refractivity contribution in [2.45, 2.75) is 26.3 Å². The molecule has 4 heteroatoms. The first kappa shape index (κ1) is 12.2. The van der Waals surface area contributed by atoms with E-state index in [1.807, 2.05) is 18.9 Å². The Balaban J connectivity index is 2.02. The zero-order chi connectivity index (χ0) is 12.4. The number of furan rings is 1. The van der Waals surface area contributed by atoms with E-state index in [9.17, 15) is 4.79 Å². The second kappa shape index (κ2) is 4.92. The van der Waals surface area contributed by atoms with Crippen LogP contribution in [0.25, 0.3) is 0 Å². The summed E-state index contributed by atoms with van der Waals surface area (Å²) in [5.41, 5.74) is 0.664. The zero-order valence-corrected chi connectivity index (χ0v) is 10.7. The first-order valence-electron chi connectivity index (χ1n) is 6.13. The molecule has 0 bridgehead atoms. The van der Waals surface area contributed by atoms with Crippen molar-refractivity contribution < 1.29 is 9.21 Å². The molecule has 1 aromatic heterocycles. The summed E-state index contributed by atoms with van der Waals surface area (Å²) in [6.07, 6.45) is 2.56. The quantitative estimate of drug-likeness (QED) is 0.849. The minimum absolute atomic E-state index is 0.0863. The normalized spacial score (nSPS) is 25.0. The average Bonchev–Trinajstić information content (AvgIpc) is 2.75. The van der Waals surface area contributed by atoms with Crippen LogP contribution in [0.5, 0.6) is 0 Å². The van der Waals surface area contributed by atoms with E-state index >= 15 is 0 Å². The molecule has 17 heavy (non-hydrogen) atoms. The Kier molecular flexibility index (Phi) is 3.52. The molecule has 2 heterocycles. The van der Waals surface area contributed by atoms with Gasteiger partial charge in [0.25, 0.3) is 5.91 Å². The third-order valence-corrected chi connectivity index (χ3v) is 3.54. The van der Waals surface area contributed by atoms with Crippen molar-refractivity contribution in [3.8, 4) is 0 Å². The van der Waals surface area contributed by atoms with Gasteiger partial charge in [-0.15, -0.1) is 0 Å². The molecule has 1 amide bonds. The SMILES string of the molecule is CNC1CCN(C(=O)c2coc(C)c2)CC1C. The molecule has 0 aromatic carbocycles. The molecule has 1 aromatic rings. The molecule has 0 aliphatic carbocycles. The summed E-state index contributed by atoms with van der Waals surface area (Å²) in [4.78, 5) is 14.1. The lowest BCUT2D eigenvalue weighted by atomic mass is 9.94. The first-order chi connectivity index (χ1) is 8.11. The molecule has 0 spiro atoms. The Morgan fingerprint density at radius 3 is 2.88 bits per heavy atom. The summed E-state index contributed by atoms with van der Waals surface area (Å²) in [6, 6.07) is 2.32. The summed E-state index contributed by atoms with van der Waals surface area (Å²) >= 11 is 0. The summed E-state index contributed by atoms with van der Waals surface area (Å²) in [7, 11) is 1.98. The highest BCUT2D eigenvalue weighted by molar-refractivity contribution is 5.94. The van der Waals surface area contributed by atoms with Crippen LogP contribution < -0.4 is 5.32 Å². The van der Waals surface area contributed by atoms with Gasteiger partial charge in [-0.3, -0.25) is 4.79 Å². The molecular weight excluding hydrogens is 216 g/mol. The zero-order valence-electron chi connectivity index (χ0n) is 10.7. The van der Waals surface area contributed by atoms with Gasteiger partial charge in [0.2, 0.25) is 0 Å². The molecule has 1 aliphatic rings. The van der Waals surface area contributed by atoms with Crippen molar-refractivity contribution in [2.75, 3.05) is 20.1 Å². The standard InChI is InChI=1S/C13H20N2O2/c1-9-7-15(5-4-12(9)14-3)13(16)11-6-10(2)17-8-11/h6,8-9,12,14H,4-5,7H2,1-3H3. The van der Waals surface area contributed by atoms with Gasteiger partial charge >= 0.3 is 0 Å². The number of carbonyl (C=O) groups excluding carboxylic acids is 1. The van der Waals surface area contributed by atoms with E-state index in [-0.39, 0.29) is 5.91 Å². The lowest BCUT2D eigenvalue weighted by Gasteiger charge is -2.36. The third kappa shape index (κ3) is 2.52. The lowest BCUT2D eigenvalue weighted by Crippen LogP contribution is -2.49. The maximum atomic E-state index is 12.2. The van der Waals surface area contributed by atoms with Crippen LogP contribution in [0.2, 0.25) is 0 Å². The molecule has 4 nitrogen and oxygen atoms in total. The van der Waals surface area contributed by atoms with Crippen molar-refractivity contribution >= 4 is 5.91 Å². The predicted octanol–water partition coefficient (Wildman–Crippen LogP) is 1.66. The number of hydrogen-bond acceptors (Lipinski definition) is 3. The van der Waals surface area contributed by atoms with Gasteiger partial charge in [-0.05, 0) is 32.4 Å². The molecule has 2 atom stereocenters. The molecule has 1 aliphatic heterocycles. The van der Waals surface area contributed by atoms with Gasteiger partial charge in [0.1, 0.15) is 12.0 Å². The molecule has 1 N–H and O–H groups in total. The Morgan fingerprint density at radius 2 is 2.35 bits per heavy atom. The number of rotatable bonds is 2. The van der Waals surface area contributed by atoms with Crippen molar-refractivity contribution in [3.63, 3.8) is 0 Å². The molecule has 0 saturated carbocycles. The van der Waals surface area contributed by atoms with Gasteiger partial charge in [0.05, 0.1) is 5.56 Å². The monoisotopic (exact) mass is 236 g/mol. The van der Waals surface area contributed by atoms with E-state index < -0.39 is 0 Å². The lowest BCUT2D eigenvalue weighted by molar-refractivity contribution is 0.0648. The maximum Gasteiger partial charge on any atom is 0.257 e. The van der Waals surface area contributed by atoms with E-state index in [1.54, 1.807) is 12.3 Å². The van der Waals surface area contributed by atoms with Crippen LogP contribution in [0.3, 0.4) is 0 Å². The highest BCUT2D eigenvalue weighted by Crippen LogP contribution is 2.19. The second-order valence-corrected chi connectivity index (χ2v) is 4.86. The number of nitrogens with one attached hydrogen (secondary N) is 1. The Labute approximate surface area is 102 Å². The van der Waals surface area contributed by atoms with E-state index in [0.29, 0.717) is 17.5 Å². The number of aryl methyl sites for hydroxylation is 1. The van der Waals surface area contributed by atoms with Crippen LogP contribution in [-0.4, -0.2) is 37.0 Å². The van der Waals surface area contributed by atoms with Crippen LogP contribution in [0.1, 0.15) is 29.5 Å². The Hall–Kier alpha value is -1.29. The van der Waals surface area contributed by atoms with E-state index in [2.05, 4.69) is 12.2 Å². The van der Waals surface area contributed by atoms with Gasteiger partial charge in [-0.1, -0.05) is 6.92 Å². The largest absolute Gasteiger partial charge is 0.469 e. The predicted molar refractivity (Wildman–Crippen MR) is 66.0 cm³/mol. The van der Waals surface area contributed by atoms with Crippen molar-refractivity contribution in [1.29, 1.82) is 0 Å². The number of nitrogens with zero attached hydrogens (tertiary/aromatic N) is 1. The summed E-state index contributed by atoms with van der Waals surface area (Å²) in [6.45, 7) is 5.67. The Morgan fingerprint density at radius 1 is 1.59 bits per heavy atom. The topological polar surface area (TPSA) is 45.5 Å². The van der Waals surface area contributed by atoms with Gasteiger partial charge in [0.15, 0.2) is 0 Å². The van der Waals surface area contributed by atoms with E-state index in [1.165, 1.54) is 0 Å². The van der Waals surface area contributed by atoms with E-state index in [4.69, 9.17) is 4.42 Å². The fourth-order valence-electron chi connectivity index (χ4n) is 2.50. The van der Waals surface area contributed by atoms with Crippen LogP contribution in [0.4, 0.5) is 0 Å². The molecule has 2 unspecified atom stereocenters. The first-order valence-corrected chi connectivity index (χ1v) is 6.13. The van der Waals surface area contributed by atoms with Crippen molar-refractivity contribution in [2.24, 2.45) is 5.92 Å². The van der Waals surface area contributed by atoms with Crippen LogP contribution >= 0.6 is 0 Å². The molecule has 1 saturated heterocycles. The second-order valence-electron chi connectivity index (χ2n) is 4.86. The third-order valence-electron chi connectivity index (χ3n) is 3.54. The fraction of sp³-hybridized carbons (Fsp3) is 0.615. The Bertz CT molecular complexity index is 400. The molecule has 0 radical (unpaired) electrons. The summed E-state index contributed by atoms with van der Waals surface area (Å²) in [5.74, 6) is 1.36. The number of amides is 1. The smallest absolute Gasteiger partial charge is 0.257 e. The fourth-order valence-corrected chi connectivity index (χ4v) is 2.50. The summed E-state index contributed by atoms with van der Waals surface area (Å²) in [5, 5.41) is 3.30. The van der Waals surface area contributed by atoms with Crippen LogP contribution in [0.15, 0.2) is 16.7 Å². The number of carbonyl (C=O) groups is 1. The van der Waals surface area contributed by atoms with Crippen molar-refractivity contribution in [1.82, 2.24) is 10.2 Å². The molecular formula is C13H20N2O2. The van der Waals surface area contributed by atoms with E-state index in [0.717, 1.165) is 25.3 Å². The minimum atomic E-state index is 0.0863. The van der Waals surface area contributed by atoms with Gasteiger partial charge in [0, 0.05) is 19.1 Å². The van der Waals surface area contributed by atoms with Crippen LogP contribution in [0, 0.1) is 12.8 Å². The maximum absolute atomic E-state index is 12.2. The van der Waals surface area contributed by atoms with Crippen LogP contribution in [-0.2, 0) is 0 Å². The minimum Gasteiger partial charge on any atom is -0.469 e. The summed E-state index contributed by atoms with van der Waals surface area (Å²) < 4.78 is 5.19. The van der Waals surface area contributed by atoms with Gasteiger partial charge < -0.3 is 14.6 Å². The van der Waals surface area contributed by atoms with Crippen molar-refractivity contribution in [3.05, 3.63) is 23.7 Å². The molecule has 94 valence electrons. The van der Waals surface area contributed by atoms with Gasteiger partial charge in [-0.25, -0.2) is 0 Å². The average molecular weight is 236 g/mol. The number of hydrogen-bond donors (Lipinski definition) is 1. The highest BCUT2D eigenvalue weighted by atomic mass is 16.3. The van der Waals surface area contributed by atoms with Gasteiger partial charge in [-0.2, -0.15) is 0 Å². The number of piperidine rings is 1.